The quantitative estimate of drug-likeness (QED) is 0.407. The molecule has 0 radical (unpaired) electrons. The fraction of sp³-hybridized carbons (Fsp3) is 0.240. The zero-order valence-electron chi connectivity index (χ0n) is 18.5. The average molecular weight is 446 g/mol. The molecule has 4 aromatic rings. The van der Waals surface area contributed by atoms with E-state index in [0.29, 0.717) is 12.1 Å². The molecule has 4 rings (SSSR count). The Morgan fingerprint density at radius 1 is 1.06 bits per heavy atom. The summed E-state index contributed by atoms with van der Waals surface area (Å²) in [5, 5.41) is 7.47. The van der Waals surface area contributed by atoms with Crippen molar-refractivity contribution >= 4 is 33.3 Å². The summed E-state index contributed by atoms with van der Waals surface area (Å²) in [6.07, 6.45) is 1.59. The van der Waals surface area contributed by atoms with E-state index in [1.165, 1.54) is 5.56 Å². The molecule has 0 spiro atoms. The maximum Gasteiger partial charge on any atom is 0.251 e. The van der Waals surface area contributed by atoms with Crippen molar-refractivity contribution in [2.45, 2.75) is 13.0 Å². The minimum absolute atomic E-state index is 0.0614. The standard InChI is InChI=1S/C25H27N5OS/c1-17(18-8-5-4-6-9-18)29-23-21-15-22(32-25(21)28-16-27-23)19-10-7-11-20(14-19)24(31)26-12-13-30(2)3/h4-11,14-17H,12-13H2,1-3H3,(H,26,31)(H,27,28,29)/t17-/m1/s1. The number of nitrogens with one attached hydrogen (secondary N) is 2. The first-order valence-electron chi connectivity index (χ1n) is 10.6. The summed E-state index contributed by atoms with van der Waals surface area (Å²) >= 11 is 1.60. The van der Waals surface area contributed by atoms with Gasteiger partial charge in [-0.1, -0.05) is 42.5 Å². The third-order valence-corrected chi connectivity index (χ3v) is 6.33. The molecule has 164 valence electrons. The van der Waals surface area contributed by atoms with E-state index in [4.69, 9.17) is 0 Å². The molecule has 0 unspecified atom stereocenters. The van der Waals surface area contributed by atoms with Gasteiger partial charge in [0.25, 0.3) is 5.91 Å². The van der Waals surface area contributed by atoms with Crippen LogP contribution in [0.2, 0.25) is 0 Å². The summed E-state index contributed by atoms with van der Waals surface area (Å²) in [4.78, 5) is 25.5. The molecule has 6 nitrogen and oxygen atoms in total. The second kappa shape index (κ2) is 9.89. The molecular weight excluding hydrogens is 418 g/mol. The Hall–Kier alpha value is -3.29. The predicted molar refractivity (Wildman–Crippen MR) is 132 cm³/mol. The van der Waals surface area contributed by atoms with Gasteiger partial charge in [-0.2, -0.15) is 0 Å². The summed E-state index contributed by atoms with van der Waals surface area (Å²) in [6.45, 7) is 3.54. The number of aromatic nitrogens is 2. The fourth-order valence-corrected chi connectivity index (χ4v) is 4.45. The first-order chi connectivity index (χ1) is 15.5. The second-order valence-electron chi connectivity index (χ2n) is 7.97. The van der Waals surface area contributed by atoms with Crippen LogP contribution in [-0.4, -0.2) is 48.0 Å². The fourth-order valence-electron chi connectivity index (χ4n) is 3.45. The van der Waals surface area contributed by atoms with Crippen LogP contribution in [0.5, 0.6) is 0 Å². The maximum atomic E-state index is 12.5. The maximum absolute atomic E-state index is 12.5. The van der Waals surface area contributed by atoms with Gasteiger partial charge in [-0.05, 0) is 50.3 Å². The summed E-state index contributed by atoms with van der Waals surface area (Å²) in [7, 11) is 3.97. The van der Waals surface area contributed by atoms with Crippen molar-refractivity contribution in [3.8, 4) is 10.4 Å². The minimum atomic E-state index is -0.0614. The monoisotopic (exact) mass is 445 g/mol. The number of rotatable bonds is 8. The van der Waals surface area contributed by atoms with Crippen LogP contribution in [0.4, 0.5) is 5.82 Å². The van der Waals surface area contributed by atoms with Crippen LogP contribution in [0, 0.1) is 0 Å². The lowest BCUT2D eigenvalue weighted by Gasteiger charge is -2.15. The normalized spacial score (nSPS) is 12.1. The van der Waals surface area contributed by atoms with Gasteiger partial charge in [0.1, 0.15) is 17.0 Å². The molecule has 1 atom stereocenters. The molecule has 2 aromatic heterocycles. The van der Waals surface area contributed by atoms with Gasteiger partial charge in [0.15, 0.2) is 0 Å². The van der Waals surface area contributed by atoms with Gasteiger partial charge in [-0.15, -0.1) is 11.3 Å². The molecule has 2 heterocycles. The van der Waals surface area contributed by atoms with Crippen LogP contribution in [0.15, 0.2) is 67.0 Å². The molecule has 0 saturated carbocycles. The van der Waals surface area contributed by atoms with Gasteiger partial charge in [0, 0.05) is 29.6 Å². The van der Waals surface area contributed by atoms with Crippen LogP contribution >= 0.6 is 11.3 Å². The molecule has 0 bridgehead atoms. The highest BCUT2D eigenvalue weighted by atomic mass is 32.1. The van der Waals surface area contributed by atoms with E-state index in [0.717, 1.165) is 33.0 Å². The number of carbonyl (C=O) groups excluding carboxylic acids is 1. The number of nitrogens with zero attached hydrogens (tertiary/aromatic N) is 3. The highest BCUT2D eigenvalue weighted by Crippen LogP contribution is 2.36. The largest absolute Gasteiger partial charge is 0.363 e. The lowest BCUT2D eigenvalue weighted by molar-refractivity contribution is 0.0951. The first-order valence-corrected chi connectivity index (χ1v) is 11.4. The van der Waals surface area contributed by atoms with Crippen molar-refractivity contribution in [3.63, 3.8) is 0 Å². The van der Waals surface area contributed by atoms with Gasteiger partial charge in [-0.3, -0.25) is 4.79 Å². The Balaban J connectivity index is 1.57. The number of hydrogen-bond donors (Lipinski definition) is 2. The lowest BCUT2D eigenvalue weighted by Crippen LogP contribution is -2.31. The second-order valence-corrected chi connectivity index (χ2v) is 9.00. The SMILES string of the molecule is C[C@@H](Nc1ncnc2sc(-c3cccc(C(=O)NCCN(C)C)c3)cc12)c1ccccc1. The molecule has 0 saturated heterocycles. The molecule has 1 amide bonds. The Morgan fingerprint density at radius 3 is 2.66 bits per heavy atom. The lowest BCUT2D eigenvalue weighted by atomic mass is 10.1. The van der Waals surface area contributed by atoms with Crippen molar-refractivity contribution < 1.29 is 4.79 Å². The highest BCUT2D eigenvalue weighted by molar-refractivity contribution is 7.21. The van der Waals surface area contributed by atoms with Crippen LogP contribution in [-0.2, 0) is 0 Å². The van der Waals surface area contributed by atoms with Crippen LogP contribution in [0.3, 0.4) is 0 Å². The van der Waals surface area contributed by atoms with Crippen molar-refractivity contribution in [3.05, 3.63) is 78.1 Å². The van der Waals surface area contributed by atoms with Gasteiger partial charge in [0.2, 0.25) is 0 Å². The number of benzene rings is 2. The zero-order chi connectivity index (χ0) is 22.5. The van der Waals surface area contributed by atoms with Gasteiger partial charge in [-0.25, -0.2) is 9.97 Å². The third kappa shape index (κ3) is 5.12. The van der Waals surface area contributed by atoms with E-state index in [-0.39, 0.29) is 11.9 Å². The van der Waals surface area contributed by atoms with E-state index in [9.17, 15) is 4.79 Å². The minimum Gasteiger partial charge on any atom is -0.363 e. The molecule has 2 N–H and O–H groups in total. The smallest absolute Gasteiger partial charge is 0.251 e. The van der Waals surface area contributed by atoms with E-state index >= 15 is 0 Å². The molecule has 7 heteroatoms. The summed E-state index contributed by atoms with van der Waals surface area (Å²) in [5.74, 6) is 0.750. The van der Waals surface area contributed by atoms with E-state index in [2.05, 4.69) is 45.7 Å². The average Bonchev–Trinajstić information content (AvgIpc) is 3.25. The number of thiophene rings is 1. The van der Waals surface area contributed by atoms with Crippen molar-refractivity contribution in [2.75, 3.05) is 32.5 Å². The van der Waals surface area contributed by atoms with Crippen molar-refractivity contribution in [1.29, 1.82) is 0 Å². The Morgan fingerprint density at radius 2 is 1.88 bits per heavy atom. The number of hydrogen-bond acceptors (Lipinski definition) is 6. The number of fused-ring (bicyclic) bond motifs is 1. The van der Waals surface area contributed by atoms with E-state index in [1.807, 2.05) is 61.5 Å². The summed E-state index contributed by atoms with van der Waals surface area (Å²) in [6, 6.07) is 20.2. The molecule has 0 aliphatic carbocycles. The molecular formula is C25H27N5OS. The van der Waals surface area contributed by atoms with Crippen LogP contribution < -0.4 is 10.6 Å². The van der Waals surface area contributed by atoms with E-state index < -0.39 is 0 Å². The van der Waals surface area contributed by atoms with E-state index in [1.54, 1.807) is 17.7 Å². The topological polar surface area (TPSA) is 70.1 Å². The number of carbonyl (C=O) groups is 1. The van der Waals surface area contributed by atoms with Crippen molar-refractivity contribution in [2.24, 2.45) is 0 Å². The third-order valence-electron chi connectivity index (χ3n) is 5.24. The molecule has 32 heavy (non-hydrogen) atoms. The molecule has 0 aliphatic heterocycles. The van der Waals surface area contributed by atoms with Gasteiger partial charge in [0.05, 0.1) is 5.39 Å². The molecule has 2 aromatic carbocycles. The van der Waals surface area contributed by atoms with Gasteiger partial charge >= 0.3 is 0 Å². The predicted octanol–water partition coefficient (Wildman–Crippen LogP) is 4.82. The Kier molecular flexibility index (Phi) is 6.78. The zero-order valence-corrected chi connectivity index (χ0v) is 19.3. The highest BCUT2D eigenvalue weighted by Gasteiger charge is 2.14. The Bertz CT molecular complexity index is 1210. The first kappa shape index (κ1) is 21.9. The Labute approximate surface area is 192 Å². The molecule has 0 aliphatic rings. The van der Waals surface area contributed by atoms with Crippen LogP contribution in [0.25, 0.3) is 20.7 Å². The summed E-state index contributed by atoms with van der Waals surface area (Å²) < 4.78 is 0. The van der Waals surface area contributed by atoms with Crippen molar-refractivity contribution in [1.82, 2.24) is 20.2 Å². The van der Waals surface area contributed by atoms with Crippen LogP contribution in [0.1, 0.15) is 28.9 Å². The number of amides is 1. The number of likely N-dealkylation sites (N-methyl/N-ethyl adjacent to an activating group) is 1. The molecule has 0 fully saturated rings. The summed E-state index contributed by atoms with van der Waals surface area (Å²) in [5.41, 5.74) is 2.85. The van der Waals surface area contributed by atoms with Gasteiger partial charge < -0.3 is 15.5 Å². The number of anilines is 1.